The Labute approximate surface area is 137 Å². The number of morpholine rings is 1. The first-order valence-electron chi connectivity index (χ1n) is 8.45. The van der Waals surface area contributed by atoms with E-state index in [4.69, 9.17) is 4.74 Å². The minimum absolute atomic E-state index is 0.0576. The number of H-pyrrole nitrogens is 1. The van der Waals surface area contributed by atoms with E-state index in [-0.39, 0.29) is 6.10 Å². The summed E-state index contributed by atoms with van der Waals surface area (Å²) in [4.78, 5) is 6.91. The van der Waals surface area contributed by atoms with Crippen molar-refractivity contribution in [3.05, 3.63) is 29.6 Å². The fourth-order valence-electron chi connectivity index (χ4n) is 2.78. The summed E-state index contributed by atoms with van der Waals surface area (Å²) in [7, 11) is 0. The highest BCUT2D eigenvalue weighted by molar-refractivity contribution is 5.01. The molecule has 3 rings (SSSR count). The molecular formula is C16H26N6O. The summed E-state index contributed by atoms with van der Waals surface area (Å²) < 4.78 is 7.85. The summed E-state index contributed by atoms with van der Waals surface area (Å²) >= 11 is 0. The SMILES string of the molecule is CCCc1nc([C@H]2CN(Cc3ccn(C(C)C)n3)CCO2)n[nH]1. The van der Waals surface area contributed by atoms with E-state index in [1.165, 1.54) is 0 Å². The molecule has 1 aliphatic rings. The van der Waals surface area contributed by atoms with Crippen molar-refractivity contribution in [2.45, 2.75) is 52.3 Å². The maximum atomic E-state index is 5.85. The average Bonchev–Trinajstić information content (AvgIpc) is 3.17. The predicted molar refractivity (Wildman–Crippen MR) is 87.0 cm³/mol. The summed E-state index contributed by atoms with van der Waals surface area (Å²) in [6, 6.07) is 2.49. The molecule has 1 N–H and O–H groups in total. The first-order valence-corrected chi connectivity index (χ1v) is 8.45. The van der Waals surface area contributed by atoms with Crippen LogP contribution in [0.2, 0.25) is 0 Å². The van der Waals surface area contributed by atoms with Gasteiger partial charge in [0.2, 0.25) is 0 Å². The van der Waals surface area contributed by atoms with Gasteiger partial charge in [-0.3, -0.25) is 14.7 Å². The fraction of sp³-hybridized carbons (Fsp3) is 0.688. The topological polar surface area (TPSA) is 71.9 Å². The number of aromatic nitrogens is 5. The molecule has 0 radical (unpaired) electrons. The quantitative estimate of drug-likeness (QED) is 0.883. The zero-order valence-electron chi connectivity index (χ0n) is 14.2. The molecule has 1 atom stereocenters. The monoisotopic (exact) mass is 318 g/mol. The Morgan fingerprint density at radius 1 is 1.43 bits per heavy atom. The zero-order chi connectivity index (χ0) is 16.2. The number of ether oxygens (including phenoxy) is 1. The maximum absolute atomic E-state index is 5.85. The van der Waals surface area contributed by atoms with Crippen molar-refractivity contribution in [1.29, 1.82) is 0 Å². The summed E-state index contributed by atoms with van der Waals surface area (Å²) in [6.07, 6.45) is 3.98. The van der Waals surface area contributed by atoms with Crippen LogP contribution >= 0.6 is 0 Å². The van der Waals surface area contributed by atoms with Crippen LogP contribution in [0.15, 0.2) is 12.3 Å². The van der Waals surface area contributed by atoms with Crippen LogP contribution in [-0.2, 0) is 17.7 Å². The largest absolute Gasteiger partial charge is 0.367 e. The standard InChI is InChI=1S/C16H26N6O/c1-4-5-15-17-16(19-18-15)14-11-21(8-9-23-14)10-13-6-7-22(20-13)12(2)3/h6-7,12,14H,4-5,8-11H2,1-3H3,(H,17,18,19)/t14-/m1/s1. The number of aryl methyl sites for hydroxylation is 1. The van der Waals surface area contributed by atoms with Crippen LogP contribution < -0.4 is 0 Å². The van der Waals surface area contributed by atoms with Gasteiger partial charge in [-0.25, -0.2) is 4.98 Å². The van der Waals surface area contributed by atoms with Crippen LogP contribution in [0.5, 0.6) is 0 Å². The van der Waals surface area contributed by atoms with Gasteiger partial charge in [-0.2, -0.15) is 10.2 Å². The van der Waals surface area contributed by atoms with E-state index in [0.29, 0.717) is 12.6 Å². The van der Waals surface area contributed by atoms with Gasteiger partial charge in [-0.05, 0) is 26.3 Å². The second-order valence-electron chi connectivity index (χ2n) is 6.37. The van der Waals surface area contributed by atoms with Crippen LogP contribution in [0.1, 0.15) is 56.7 Å². The van der Waals surface area contributed by atoms with Crippen molar-refractivity contribution in [3.8, 4) is 0 Å². The van der Waals surface area contributed by atoms with E-state index >= 15 is 0 Å². The van der Waals surface area contributed by atoms with E-state index < -0.39 is 0 Å². The van der Waals surface area contributed by atoms with Gasteiger partial charge >= 0.3 is 0 Å². The predicted octanol–water partition coefficient (Wildman–Crippen LogP) is 2.11. The molecule has 126 valence electrons. The van der Waals surface area contributed by atoms with Crippen molar-refractivity contribution in [1.82, 2.24) is 29.9 Å². The molecule has 0 bridgehead atoms. The summed E-state index contributed by atoms with van der Waals surface area (Å²) in [5, 5.41) is 12.0. The Kier molecular flexibility index (Phi) is 5.07. The van der Waals surface area contributed by atoms with Crippen LogP contribution in [0.25, 0.3) is 0 Å². The van der Waals surface area contributed by atoms with Crippen molar-refractivity contribution in [2.24, 2.45) is 0 Å². The second-order valence-corrected chi connectivity index (χ2v) is 6.37. The van der Waals surface area contributed by atoms with Crippen molar-refractivity contribution in [3.63, 3.8) is 0 Å². The number of nitrogens with zero attached hydrogens (tertiary/aromatic N) is 5. The van der Waals surface area contributed by atoms with E-state index in [1.54, 1.807) is 0 Å². The Morgan fingerprint density at radius 3 is 3.04 bits per heavy atom. The molecule has 23 heavy (non-hydrogen) atoms. The molecular weight excluding hydrogens is 292 g/mol. The third-order valence-electron chi connectivity index (χ3n) is 4.05. The van der Waals surface area contributed by atoms with E-state index in [2.05, 4.69) is 52.0 Å². The Hall–Kier alpha value is -1.73. The number of rotatable bonds is 6. The minimum Gasteiger partial charge on any atom is -0.367 e. The molecule has 0 spiro atoms. The molecule has 0 unspecified atom stereocenters. The van der Waals surface area contributed by atoms with E-state index in [1.807, 2.05) is 10.9 Å². The van der Waals surface area contributed by atoms with Gasteiger partial charge in [-0.15, -0.1) is 0 Å². The summed E-state index contributed by atoms with van der Waals surface area (Å²) in [6.45, 7) is 9.67. The number of hydrogen-bond donors (Lipinski definition) is 1. The summed E-state index contributed by atoms with van der Waals surface area (Å²) in [5.74, 6) is 1.71. The highest BCUT2D eigenvalue weighted by Crippen LogP contribution is 2.20. The van der Waals surface area contributed by atoms with Crippen LogP contribution in [-0.4, -0.2) is 49.6 Å². The lowest BCUT2D eigenvalue weighted by Gasteiger charge is -2.30. The molecule has 2 aromatic heterocycles. The van der Waals surface area contributed by atoms with Gasteiger partial charge in [0, 0.05) is 38.3 Å². The minimum atomic E-state index is -0.0576. The normalized spacial score (nSPS) is 19.6. The molecule has 7 nitrogen and oxygen atoms in total. The van der Waals surface area contributed by atoms with Crippen LogP contribution in [0, 0.1) is 0 Å². The molecule has 1 aliphatic heterocycles. The van der Waals surface area contributed by atoms with Crippen molar-refractivity contribution >= 4 is 0 Å². The van der Waals surface area contributed by atoms with Crippen molar-refractivity contribution in [2.75, 3.05) is 19.7 Å². The molecule has 7 heteroatoms. The summed E-state index contributed by atoms with van der Waals surface area (Å²) in [5.41, 5.74) is 1.10. The molecule has 0 aliphatic carbocycles. The highest BCUT2D eigenvalue weighted by Gasteiger charge is 2.25. The molecule has 1 saturated heterocycles. The smallest absolute Gasteiger partial charge is 0.180 e. The average molecular weight is 318 g/mol. The third-order valence-corrected chi connectivity index (χ3v) is 4.05. The maximum Gasteiger partial charge on any atom is 0.180 e. The Morgan fingerprint density at radius 2 is 2.30 bits per heavy atom. The Balaban J connectivity index is 1.60. The number of nitrogens with one attached hydrogen (secondary N) is 1. The number of hydrogen-bond acceptors (Lipinski definition) is 5. The van der Waals surface area contributed by atoms with Gasteiger partial charge < -0.3 is 4.74 Å². The van der Waals surface area contributed by atoms with Crippen molar-refractivity contribution < 1.29 is 4.74 Å². The Bertz CT molecular complexity index is 620. The molecule has 0 amide bonds. The van der Waals surface area contributed by atoms with Gasteiger partial charge in [0.1, 0.15) is 11.9 Å². The van der Waals surface area contributed by atoms with E-state index in [0.717, 1.165) is 49.8 Å². The van der Waals surface area contributed by atoms with Gasteiger partial charge in [0.25, 0.3) is 0 Å². The zero-order valence-corrected chi connectivity index (χ0v) is 14.2. The van der Waals surface area contributed by atoms with E-state index in [9.17, 15) is 0 Å². The van der Waals surface area contributed by atoms with Crippen LogP contribution in [0.3, 0.4) is 0 Å². The molecule has 2 aromatic rings. The highest BCUT2D eigenvalue weighted by atomic mass is 16.5. The fourth-order valence-corrected chi connectivity index (χ4v) is 2.78. The molecule has 1 fully saturated rings. The van der Waals surface area contributed by atoms with Gasteiger partial charge in [0.15, 0.2) is 5.82 Å². The number of aromatic amines is 1. The molecule has 0 saturated carbocycles. The molecule has 0 aromatic carbocycles. The lowest BCUT2D eigenvalue weighted by molar-refractivity contribution is -0.0374. The first kappa shape index (κ1) is 16.1. The van der Waals surface area contributed by atoms with Gasteiger partial charge in [0.05, 0.1) is 12.3 Å². The first-order chi connectivity index (χ1) is 11.2. The third kappa shape index (κ3) is 3.97. The lowest BCUT2D eigenvalue weighted by atomic mass is 10.2. The lowest BCUT2D eigenvalue weighted by Crippen LogP contribution is -2.38. The second kappa shape index (κ2) is 7.23. The van der Waals surface area contributed by atoms with Crippen LogP contribution in [0.4, 0.5) is 0 Å². The molecule has 3 heterocycles. The van der Waals surface area contributed by atoms with Gasteiger partial charge in [-0.1, -0.05) is 6.92 Å².